The predicted octanol–water partition coefficient (Wildman–Crippen LogP) is 2.67. The Labute approximate surface area is 150 Å². The predicted molar refractivity (Wildman–Crippen MR) is 98.0 cm³/mol. The lowest BCUT2D eigenvalue weighted by Gasteiger charge is -2.10. The Morgan fingerprint density at radius 3 is 2.65 bits per heavy atom. The lowest BCUT2D eigenvalue weighted by atomic mass is 10.1. The summed E-state index contributed by atoms with van der Waals surface area (Å²) in [5.41, 5.74) is 1.60. The van der Waals surface area contributed by atoms with Gasteiger partial charge in [0.15, 0.2) is 0 Å². The first kappa shape index (κ1) is 15.9. The summed E-state index contributed by atoms with van der Waals surface area (Å²) in [6.07, 6.45) is 3.56. The van der Waals surface area contributed by atoms with E-state index in [0.29, 0.717) is 10.5 Å². The molecule has 1 N–H and O–H groups in total. The molecular weight excluding hydrogens is 356 g/mol. The van der Waals surface area contributed by atoms with Gasteiger partial charge in [-0.25, -0.2) is 4.98 Å². The molecular formula is C17H10N4O4S. The van der Waals surface area contributed by atoms with Crippen LogP contribution in [0.15, 0.2) is 42.5 Å². The number of non-ortho nitro benzene ring substituents is 1. The van der Waals surface area contributed by atoms with Gasteiger partial charge in [-0.3, -0.25) is 20.2 Å². The van der Waals surface area contributed by atoms with Gasteiger partial charge in [-0.2, -0.15) is 0 Å². The fourth-order valence-electron chi connectivity index (χ4n) is 2.66. The van der Waals surface area contributed by atoms with Crippen LogP contribution in [0.2, 0.25) is 0 Å². The summed E-state index contributed by atoms with van der Waals surface area (Å²) in [6.45, 7) is 0. The summed E-state index contributed by atoms with van der Waals surface area (Å²) in [5, 5.41) is 25.3. The van der Waals surface area contributed by atoms with Crippen LogP contribution in [0.5, 0.6) is 0 Å². The van der Waals surface area contributed by atoms with Crippen molar-refractivity contribution in [3.05, 3.63) is 83.0 Å². The fraction of sp³-hybridized carbons (Fsp3) is 0. The third-order valence-electron chi connectivity index (χ3n) is 3.87. The SMILES string of the molecule is O=[N+]([O-])c1ccc(C=c2nc3c(s2)=Cc2ccccc2N3)c([N+](=O)[O-])c1. The Kier molecular flexibility index (Phi) is 3.70. The van der Waals surface area contributed by atoms with Crippen molar-refractivity contribution in [1.82, 2.24) is 4.98 Å². The summed E-state index contributed by atoms with van der Waals surface area (Å²) < 4.78 is 1.49. The molecule has 0 radical (unpaired) electrons. The number of fused-ring (bicyclic) bond motifs is 2. The normalized spacial score (nSPS) is 12.5. The second-order valence-electron chi connectivity index (χ2n) is 5.52. The third-order valence-corrected chi connectivity index (χ3v) is 4.82. The van der Waals surface area contributed by atoms with Crippen LogP contribution in [-0.4, -0.2) is 14.8 Å². The Morgan fingerprint density at radius 1 is 1.08 bits per heavy atom. The number of thiazole rings is 1. The molecule has 0 saturated heterocycles. The van der Waals surface area contributed by atoms with Crippen LogP contribution >= 0.6 is 11.3 Å². The standard InChI is InChI=1S/C17H10N4O4S/c22-20(23)12-6-5-11(14(9-12)21(24)25)8-16-19-17-15(26-16)7-10-3-1-2-4-13(10)18-17/h1-9H,(H,18,19). The number of rotatable bonds is 3. The zero-order valence-corrected chi connectivity index (χ0v) is 13.9. The molecule has 0 bridgehead atoms. The van der Waals surface area contributed by atoms with Crippen LogP contribution in [0.4, 0.5) is 22.9 Å². The molecule has 3 aromatic rings. The van der Waals surface area contributed by atoms with Crippen LogP contribution in [-0.2, 0) is 0 Å². The molecule has 1 aliphatic heterocycles. The maximum absolute atomic E-state index is 11.3. The van der Waals surface area contributed by atoms with Gasteiger partial charge in [-0.05, 0) is 29.8 Å². The van der Waals surface area contributed by atoms with Crippen molar-refractivity contribution in [1.29, 1.82) is 0 Å². The minimum atomic E-state index is -0.658. The molecule has 0 saturated carbocycles. The van der Waals surface area contributed by atoms with E-state index in [9.17, 15) is 20.2 Å². The molecule has 4 rings (SSSR count). The van der Waals surface area contributed by atoms with E-state index < -0.39 is 9.85 Å². The van der Waals surface area contributed by atoms with E-state index in [0.717, 1.165) is 21.8 Å². The van der Waals surface area contributed by atoms with Gasteiger partial charge in [0, 0.05) is 11.8 Å². The molecule has 1 aliphatic rings. The first-order valence-electron chi connectivity index (χ1n) is 7.50. The van der Waals surface area contributed by atoms with E-state index in [-0.39, 0.29) is 16.9 Å². The zero-order valence-electron chi connectivity index (χ0n) is 13.1. The lowest BCUT2D eigenvalue weighted by Crippen LogP contribution is -2.09. The number of hydrogen-bond donors (Lipinski definition) is 1. The number of nitro benzene ring substituents is 2. The number of nitrogens with zero attached hydrogens (tertiary/aromatic N) is 3. The molecule has 0 aliphatic carbocycles. The molecule has 0 unspecified atom stereocenters. The monoisotopic (exact) mass is 366 g/mol. The molecule has 0 spiro atoms. The van der Waals surface area contributed by atoms with Crippen LogP contribution in [0.3, 0.4) is 0 Å². The highest BCUT2D eigenvalue weighted by Crippen LogP contribution is 2.26. The number of nitro groups is 2. The van der Waals surface area contributed by atoms with Crippen molar-refractivity contribution in [3.8, 4) is 0 Å². The van der Waals surface area contributed by atoms with E-state index in [2.05, 4.69) is 10.3 Å². The first-order valence-corrected chi connectivity index (χ1v) is 8.32. The topological polar surface area (TPSA) is 111 Å². The maximum atomic E-state index is 11.3. The summed E-state index contributed by atoms with van der Waals surface area (Å²) in [5.74, 6) is 0.685. The van der Waals surface area contributed by atoms with E-state index in [1.54, 1.807) is 6.08 Å². The van der Waals surface area contributed by atoms with Crippen LogP contribution in [0.1, 0.15) is 11.1 Å². The molecule has 26 heavy (non-hydrogen) atoms. The average molecular weight is 366 g/mol. The highest BCUT2D eigenvalue weighted by atomic mass is 32.1. The van der Waals surface area contributed by atoms with Crippen LogP contribution in [0, 0.1) is 20.2 Å². The first-order chi connectivity index (χ1) is 12.5. The molecule has 9 heteroatoms. The number of nitrogens with one attached hydrogen (secondary N) is 1. The molecule has 0 fully saturated rings. The summed E-state index contributed by atoms with van der Waals surface area (Å²) in [4.78, 5) is 25.3. The Bertz CT molecular complexity index is 1190. The quantitative estimate of drug-likeness (QED) is 0.441. The molecule has 0 atom stereocenters. The molecule has 128 valence electrons. The minimum Gasteiger partial charge on any atom is -0.339 e. The summed E-state index contributed by atoms with van der Waals surface area (Å²) in [6, 6.07) is 11.4. The van der Waals surface area contributed by atoms with Gasteiger partial charge in [0.1, 0.15) is 10.5 Å². The van der Waals surface area contributed by atoms with E-state index in [4.69, 9.17) is 0 Å². The number of hydrogen-bond acceptors (Lipinski definition) is 7. The molecule has 2 aromatic carbocycles. The fourth-order valence-corrected chi connectivity index (χ4v) is 3.59. The smallest absolute Gasteiger partial charge is 0.283 e. The molecule has 0 amide bonds. The Hall–Kier alpha value is -3.59. The van der Waals surface area contributed by atoms with Gasteiger partial charge in [0.05, 0.1) is 26.0 Å². The van der Waals surface area contributed by atoms with E-state index in [1.807, 2.05) is 30.3 Å². The largest absolute Gasteiger partial charge is 0.339 e. The van der Waals surface area contributed by atoms with Gasteiger partial charge in [-0.1, -0.05) is 18.2 Å². The lowest BCUT2D eigenvalue weighted by molar-refractivity contribution is -0.394. The van der Waals surface area contributed by atoms with Crippen molar-refractivity contribution in [2.45, 2.75) is 0 Å². The van der Waals surface area contributed by atoms with Crippen molar-refractivity contribution in [2.75, 3.05) is 5.32 Å². The average Bonchev–Trinajstić information content (AvgIpc) is 3.00. The molecule has 2 heterocycles. The minimum absolute atomic E-state index is 0.268. The van der Waals surface area contributed by atoms with Crippen LogP contribution in [0.25, 0.3) is 12.2 Å². The van der Waals surface area contributed by atoms with E-state index in [1.165, 1.54) is 23.5 Å². The van der Waals surface area contributed by atoms with Gasteiger partial charge in [-0.15, -0.1) is 11.3 Å². The van der Waals surface area contributed by atoms with Crippen LogP contribution < -0.4 is 14.5 Å². The van der Waals surface area contributed by atoms with Crippen molar-refractivity contribution < 1.29 is 9.85 Å². The van der Waals surface area contributed by atoms with Gasteiger partial charge >= 0.3 is 0 Å². The van der Waals surface area contributed by atoms with Crippen molar-refractivity contribution in [2.24, 2.45) is 0 Å². The number of anilines is 2. The molecule has 1 aromatic heterocycles. The molecule has 8 nitrogen and oxygen atoms in total. The summed E-state index contributed by atoms with van der Waals surface area (Å²) >= 11 is 1.38. The van der Waals surface area contributed by atoms with Crippen molar-refractivity contribution >= 4 is 46.4 Å². The van der Waals surface area contributed by atoms with E-state index >= 15 is 0 Å². The maximum Gasteiger partial charge on any atom is 0.283 e. The Balaban J connectivity index is 1.82. The second kappa shape index (κ2) is 6.05. The third kappa shape index (κ3) is 2.80. The number of aromatic nitrogens is 1. The number of benzene rings is 2. The number of para-hydroxylation sites is 1. The van der Waals surface area contributed by atoms with Gasteiger partial charge < -0.3 is 5.32 Å². The Morgan fingerprint density at radius 2 is 1.88 bits per heavy atom. The second-order valence-corrected chi connectivity index (χ2v) is 6.59. The van der Waals surface area contributed by atoms with Gasteiger partial charge in [0.25, 0.3) is 11.4 Å². The van der Waals surface area contributed by atoms with Gasteiger partial charge in [0.2, 0.25) is 0 Å². The summed E-state index contributed by atoms with van der Waals surface area (Å²) in [7, 11) is 0. The highest BCUT2D eigenvalue weighted by Gasteiger charge is 2.18. The highest BCUT2D eigenvalue weighted by molar-refractivity contribution is 7.07. The zero-order chi connectivity index (χ0) is 18.3. The van der Waals surface area contributed by atoms with Crippen molar-refractivity contribution in [3.63, 3.8) is 0 Å².